The van der Waals surface area contributed by atoms with E-state index < -0.39 is 0 Å². The lowest BCUT2D eigenvalue weighted by Crippen LogP contribution is -2.61. The summed E-state index contributed by atoms with van der Waals surface area (Å²) in [6.07, 6.45) is 6.76. The van der Waals surface area contributed by atoms with Gasteiger partial charge in [0.05, 0.1) is 12.2 Å². The van der Waals surface area contributed by atoms with Gasteiger partial charge in [0.2, 0.25) is 5.89 Å². The van der Waals surface area contributed by atoms with Crippen molar-refractivity contribution in [2.45, 2.75) is 58.0 Å². The van der Waals surface area contributed by atoms with Crippen molar-refractivity contribution in [1.29, 1.82) is 0 Å². The van der Waals surface area contributed by atoms with Gasteiger partial charge in [-0.2, -0.15) is 0 Å². The molecular formula is C15H25N3O. The summed E-state index contributed by atoms with van der Waals surface area (Å²) in [6.45, 7) is 8.22. The van der Waals surface area contributed by atoms with Crippen molar-refractivity contribution in [3.63, 3.8) is 0 Å². The fourth-order valence-corrected chi connectivity index (χ4v) is 3.60. The molecule has 106 valence electrons. The summed E-state index contributed by atoms with van der Waals surface area (Å²) in [4.78, 5) is 7.17. The Kier molecular flexibility index (Phi) is 3.63. The minimum atomic E-state index is 0.354. The Hall–Kier alpha value is -0.870. The number of hydrogen-bond acceptors (Lipinski definition) is 4. The third kappa shape index (κ3) is 2.56. The lowest BCUT2D eigenvalue weighted by Gasteiger charge is -2.49. The van der Waals surface area contributed by atoms with E-state index in [-0.39, 0.29) is 0 Å². The van der Waals surface area contributed by atoms with Gasteiger partial charge in [0.25, 0.3) is 0 Å². The number of nitrogens with one attached hydrogen (secondary N) is 1. The molecule has 19 heavy (non-hydrogen) atoms. The number of nitrogens with zero attached hydrogens (tertiary/aromatic N) is 2. The molecule has 2 fully saturated rings. The molecule has 0 atom stereocenters. The van der Waals surface area contributed by atoms with E-state index in [1.54, 1.807) is 0 Å². The first-order valence-electron chi connectivity index (χ1n) is 7.58. The molecule has 4 heteroatoms. The molecule has 1 aromatic heterocycles. The van der Waals surface area contributed by atoms with Crippen LogP contribution < -0.4 is 5.32 Å². The lowest BCUT2D eigenvalue weighted by atomic mass is 9.79. The Bertz CT molecular complexity index is 407. The molecule has 2 aliphatic rings. The fraction of sp³-hybridized carbons (Fsp3) is 0.800. The molecule has 1 aliphatic carbocycles. The monoisotopic (exact) mass is 263 g/mol. The fourth-order valence-electron chi connectivity index (χ4n) is 3.60. The van der Waals surface area contributed by atoms with E-state index in [9.17, 15) is 0 Å². The van der Waals surface area contributed by atoms with Crippen LogP contribution >= 0.6 is 0 Å². The van der Waals surface area contributed by atoms with Crippen LogP contribution in [0.15, 0.2) is 4.42 Å². The van der Waals surface area contributed by atoms with Gasteiger partial charge in [-0.3, -0.25) is 4.90 Å². The largest absolute Gasteiger partial charge is 0.444 e. The van der Waals surface area contributed by atoms with E-state index in [0.717, 1.165) is 43.5 Å². The smallest absolute Gasteiger partial charge is 0.208 e. The third-order valence-electron chi connectivity index (χ3n) is 4.87. The zero-order chi connectivity index (χ0) is 13.3. The molecule has 1 N–H and O–H groups in total. The first-order chi connectivity index (χ1) is 9.20. The van der Waals surface area contributed by atoms with Gasteiger partial charge in [0, 0.05) is 25.2 Å². The molecule has 0 radical (unpaired) electrons. The van der Waals surface area contributed by atoms with E-state index in [2.05, 4.69) is 15.2 Å². The average Bonchev–Trinajstić information content (AvgIpc) is 2.73. The molecule has 3 rings (SSSR count). The van der Waals surface area contributed by atoms with Gasteiger partial charge in [0.15, 0.2) is 0 Å². The molecule has 0 aromatic carbocycles. The van der Waals surface area contributed by atoms with Crippen molar-refractivity contribution in [1.82, 2.24) is 15.2 Å². The maximum Gasteiger partial charge on any atom is 0.208 e. The van der Waals surface area contributed by atoms with Crippen molar-refractivity contribution in [2.75, 3.05) is 19.6 Å². The first kappa shape index (κ1) is 13.1. The molecule has 1 spiro atoms. The van der Waals surface area contributed by atoms with Gasteiger partial charge in [-0.15, -0.1) is 0 Å². The zero-order valence-electron chi connectivity index (χ0n) is 12.2. The van der Waals surface area contributed by atoms with Gasteiger partial charge in [-0.25, -0.2) is 4.98 Å². The van der Waals surface area contributed by atoms with E-state index in [1.807, 2.05) is 13.8 Å². The normalized spacial score (nSPS) is 23.9. The van der Waals surface area contributed by atoms with Crippen LogP contribution in [0.1, 0.15) is 49.4 Å². The molecule has 0 bridgehead atoms. The van der Waals surface area contributed by atoms with E-state index in [4.69, 9.17) is 4.42 Å². The van der Waals surface area contributed by atoms with Crippen LogP contribution in [0.5, 0.6) is 0 Å². The quantitative estimate of drug-likeness (QED) is 0.889. The number of piperazine rings is 1. The average molecular weight is 263 g/mol. The van der Waals surface area contributed by atoms with Crippen molar-refractivity contribution in [3.05, 3.63) is 17.3 Å². The van der Waals surface area contributed by atoms with Gasteiger partial charge in [-0.05, 0) is 26.7 Å². The van der Waals surface area contributed by atoms with Crippen molar-refractivity contribution in [2.24, 2.45) is 0 Å². The molecule has 1 aromatic rings. The third-order valence-corrected chi connectivity index (χ3v) is 4.87. The molecule has 4 nitrogen and oxygen atoms in total. The SMILES string of the molecule is Cc1nc(CN2CCNCC23CCCCC3)oc1C. The predicted octanol–water partition coefficient (Wildman–Crippen LogP) is 2.40. The van der Waals surface area contributed by atoms with Crippen LogP contribution in [0.25, 0.3) is 0 Å². The van der Waals surface area contributed by atoms with Gasteiger partial charge < -0.3 is 9.73 Å². The Morgan fingerprint density at radius 2 is 2.05 bits per heavy atom. The standard InChI is InChI=1S/C15H25N3O/c1-12-13(2)19-14(17-12)10-18-9-8-16-11-15(18)6-4-3-5-7-15/h16H,3-11H2,1-2H3. The van der Waals surface area contributed by atoms with E-state index in [0.29, 0.717) is 5.54 Å². The summed E-state index contributed by atoms with van der Waals surface area (Å²) in [5.41, 5.74) is 1.38. The Balaban J connectivity index is 1.76. The highest BCUT2D eigenvalue weighted by atomic mass is 16.4. The summed E-state index contributed by atoms with van der Waals surface area (Å²) in [6, 6.07) is 0. The molecule has 0 unspecified atom stereocenters. The Labute approximate surface area is 115 Å². The van der Waals surface area contributed by atoms with Crippen LogP contribution in [0.3, 0.4) is 0 Å². The number of aryl methyl sites for hydroxylation is 2. The van der Waals surface area contributed by atoms with Crippen LogP contribution in [0.4, 0.5) is 0 Å². The van der Waals surface area contributed by atoms with Crippen molar-refractivity contribution in [3.8, 4) is 0 Å². The highest BCUT2D eigenvalue weighted by molar-refractivity contribution is 5.06. The second-order valence-electron chi connectivity index (χ2n) is 6.13. The Morgan fingerprint density at radius 3 is 2.74 bits per heavy atom. The lowest BCUT2D eigenvalue weighted by molar-refractivity contribution is 0.0146. The number of aromatic nitrogens is 1. The Morgan fingerprint density at radius 1 is 1.26 bits per heavy atom. The second kappa shape index (κ2) is 5.25. The minimum absolute atomic E-state index is 0.354. The minimum Gasteiger partial charge on any atom is -0.444 e. The topological polar surface area (TPSA) is 41.3 Å². The van der Waals surface area contributed by atoms with E-state index in [1.165, 1.54) is 32.1 Å². The summed E-state index contributed by atoms with van der Waals surface area (Å²) in [5, 5.41) is 3.58. The molecule has 1 aliphatic heterocycles. The van der Waals surface area contributed by atoms with Crippen LogP contribution in [-0.4, -0.2) is 35.1 Å². The number of oxazole rings is 1. The molecule has 1 saturated carbocycles. The van der Waals surface area contributed by atoms with E-state index >= 15 is 0 Å². The highest BCUT2D eigenvalue weighted by Crippen LogP contribution is 2.35. The molecular weight excluding hydrogens is 238 g/mol. The summed E-state index contributed by atoms with van der Waals surface area (Å²) in [7, 11) is 0. The predicted molar refractivity (Wildman–Crippen MR) is 75.1 cm³/mol. The second-order valence-corrected chi connectivity index (χ2v) is 6.13. The van der Waals surface area contributed by atoms with Crippen LogP contribution in [0, 0.1) is 13.8 Å². The highest BCUT2D eigenvalue weighted by Gasteiger charge is 2.40. The zero-order valence-corrected chi connectivity index (χ0v) is 12.2. The van der Waals surface area contributed by atoms with Gasteiger partial charge in [0.1, 0.15) is 5.76 Å². The summed E-state index contributed by atoms with van der Waals surface area (Å²) >= 11 is 0. The number of rotatable bonds is 2. The van der Waals surface area contributed by atoms with Gasteiger partial charge in [-0.1, -0.05) is 19.3 Å². The van der Waals surface area contributed by atoms with Crippen molar-refractivity contribution >= 4 is 0 Å². The molecule has 1 saturated heterocycles. The summed E-state index contributed by atoms with van der Waals surface area (Å²) in [5.74, 6) is 1.85. The van der Waals surface area contributed by atoms with Crippen LogP contribution in [-0.2, 0) is 6.54 Å². The molecule has 0 amide bonds. The maximum atomic E-state index is 5.78. The summed E-state index contributed by atoms with van der Waals surface area (Å²) < 4.78 is 5.78. The van der Waals surface area contributed by atoms with Gasteiger partial charge >= 0.3 is 0 Å². The van der Waals surface area contributed by atoms with Crippen molar-refractivity contribution < 1.29 is 4.42 Å². The maximum absolute atomic E-state index is 5.78. The first-order valence-corrected chi connectivity index (χ1v) is 7.58. The van der Waals surface area contributed by atoms with Crippen LogP contribution in [0.2, 0.25) is 0 Å². The number of hydrogen-bond donors (Lipinski definition) is 1. The molecule has 2 heterocycles.